The molecule has 6 nitrogen and oxygen atoms in total. The maximum Gasteiger partial charge on any atom is 0.340 e. The number of aromatic amines is 1. The van der Waals surface area contributed by atoms with E-state index in [0.29, 0.717) is 23.5 Å². The molecule has 3 fully saturated rings. The van der Waals surface area contributed by atoms with Gasteiger partial charge in [-0.1, -0.05) is 0 Å². The number of methoxy groups -OCH3 is 1. The highest BCUT2D eigenvalue weighted by Crippen LogP contribution is 2.40. The first-order valence-electron chi connectivity index (χ1n) is 8.63. The second-order valence-corrected chi connectivity index (χ2v) is 7.08. The van der Waals surface area contributed by atoms with Crippen molar-refractivity contribution in [3.63, 3.8) is 0 Å². The second kappa shape index (κ2) is 7.18. The van der Waals surface area contributed by atoms with Gasteiger partial charge in [-0.05, 0) is 51.0 Å². The average Bonchev–Trinajstić information content (AvgIpc) is 3.09. The molecule has 1 aromatic carbocycles. The molecule has 0 atom stereocenters. The molecular formula is C19H22ClN3O3. The van der Waals surface area contributed by atoms with Crippen LogP contribution in [0.4, 0.5) is 0 Å². The molecule has 5 rings (SSSR count). The normalized spacial score (nSPS) is 23.9. The number of halogens is 1. The number of hydrogen-bond acceptors (Lipinski definition) is 5. The zero-order chi connectivity index (χ0) is 17.4. The van der Waals surface area contributed by atoms with Crippen LogP contribution in [0.1, 0.15) is 35.2 Å². The van der Waals surface area contributed by atoms with Gasteiger partial charge in [0.25, 0.3) is 0 Å². The number of esters is 1. The summed E-state index contributed by atoms with van der Waals surface area (Å²) in [5, 5.41) is 9.89. The van der Waals surface area contributed by atoms with Crippen molar-refractivity contribution in [3.05, 3.63) is 29.5 Å². The summed E-state index contributed by atoms with van der Waals surface area (Å²) in [6.07, 6.45) is 4.96. The third kappa shape index (κ3) is 3.13. The number of aromatic nitrogens is 1. The summed E-state index contributed by atoms with van der Waals surface area (Å²) in [6, 6.07) is 5.51. The van der Waals surface area contributed by atoms with Crippen molar-refractivity contribution in [1.82, 2.24) is 9.88 Å². The number of H-pyrrole nitrogens is 1. The van der Waals surface area contributed by atoms with E-state index >= 15 is 0 Å². The Morgan fingerprint density at radius 1 is 1.31 bits per heavy atom. The van der Waals surface area contributed by atoms with E-state index in [1.807, 2.05) is 0 Å². The first kappa shape index (κ1) is 18.6. The minimum Gasteiger partial charge on any atom is -0.495 e. The van der Waals surface area contributed by atoms with E-state index in [2.05, 4.69) is 16.0 Å². The molecule has 0 amide bonds. The van der Waals surface area contributed by atoms with Crippen LogP contribution in [0.15, 0.2) is 18.3 Å². The lowest BCUT2D eigenvalue weighted by Crippen LogP contribution is -2.50. The van der Waals surface area contributed by atoms with Crippen LogP contribution < -0.4 is 4.74 Å². The molecule has 0 spiro atoms. The van der Waals surface area contributed by atoms with Gasteiger partial charge in [0.05, 0.1) is 24.8 Å². The number of fused-ring (bicyclic) bond motifs is 4. The minimum atomic E-state index is -0.319. The Morgan fingerprint density at radius 2 is 2.00 bits per heavy atom. The monoisotopic (exact) mass is 375 g/mol. The van der Waals surface area contributed by atoms with Crippen molar-refractivity contribution in [2.75, 3.05) is 33.4 Å². The van der Waals surface area contributed by atoms with Gasteiger partial charge in [0, 0.05) is 22.5 Å². The molecule has 138 valence electrons. The summed E-state index contributed by atoms with van der Waals surface area (Å²) in [4.78, 5) is 18.2. The van der Waals surface area contributed by atoms with Crippen molar-refractivity contribution < 1.29 is 14.3 Å². The van der Waals surface area contributed by atoms with Crippen LogP contribution >= 0.6 is 12.4 Å². The molecule has 0 aliphatic carbocycles. The fraction of sp³-hybridized carbons (Fsp3) is 0.474. The highest BCUT2D eigenvalue weighted by Gasteiger charge is 2.40. The zero-order valence-electron chi connectivity index (χ0n) is 14.7. The first-order valence-corrected chi connectivity index (χ1v) is 8.63. The van der Waals surface area contributed by atoms with Crippen molar-refractivity contribution in [2.45, 2.75) is 19.3 Å². The van der Waals surface area contributed by atoms with E-state index in [1.54, 1.807) is 18.3 Å². The Bertz CT molecular complexity index is 849. The Kier molecular flexibility index (Phi) is 5.12. The number of benzene rings is 1. The highest BCUT2D eigenvalue weighted by atomic mass is 35.5. The summed E-state index contributed by atoms with van der Waals surface area (Å²) in [6.45, 7) is 3.82. The molecule has 3 aliphatic rings. The van der Waals surface area contributed by atoms with Gasteiger partial charge in [0.15, 0.2) is 0 Å². The van der Waals surface area contributed by atoms with Crippen LogP contribution in [-0.2, 0) is 4.74 Å². The summed E-state index contributed by atoms with van der Waals surface area (Å²) in [7, 11) is 1.52. The maximum absolute atomic E-state index is 12.6. The van der Waals surface area contributed by atoms with E-state index in [-0.39, 0.29) is 23.8 Å². The number of hydrogen-bond donors (Lipinski definition) is 1. The number of piperidine rings is 3. The van der Waals surface area contributed by atoms with Crippen LogP contribution in [0.2, 0.25) is 0 Å². The van der Waals surface area contributed by atoms with E-state index in [0.717, 1.165) is 49.8 Å². The number of carbonyl (C=O) groups excluding carboxylic acids is 1. The summed E-state index contributed by atoms with van der Waals surface area (Å²) < 4.78 is 10.9. The van der Waals surface area contributed by atoms with E-state index in [1.165, 1.54) is 7.11 Å². The van der Waals surface area contributed by atoms with Crippen molar-refractivity contribution in [1.29, 1.82) is 5.26 Å². The molecule has 2 aromatic rings. The predicted octanol–water partition coefficient (Wildman–Crippen LogP) is 3.11. The molecule has 1 aromatic heterocycles. The Labute approximate surface area is 158 Å². The van der Waals surface area contributed by atoms with Gasteiger partial charge in [-0.3, -0.25) is 0 Å². The zero-order valence-corrected chi connectivity index (χ0v) is 15.5. The molecule has 3 saturated heterocycles. The standard InChI is InChI=1S/C19H21N3O3.ClH/c1-24-17-9-14-15(11-21-16(14)8-13(17)10-20)18(23)25-12-19-2-5-22(6-3-19)7-4-19;/h8-9,11,21H,2-7,12H2,1H3;1H. The minimum absolute atomic E-state index is 0. The van der Waals surface area contributed by atoms with Gasteiger partial charge in [-0.15, -0.1) is 12.4 Å². The topological polar surface area (TPSA) is 78.3 Å². The Morgan fingerprint density at radius 3 is 2.62 bits per heavy atom. The van der Waals surface area contributed by atoms with Crippen molar-refractivity contribution >= 4 is 29.3 Å². The van der Waals surface area contributed by atoms with E-state index < -0.39 is 0 Å². The molecule has 4 heterocycles. The van der Waals surface area contributed by atoms with Crippen LogP contribution in [0.3, 0.4) is 0 Å². The smallest absolute Gasteiger partial charge is 0.340 e. The summed E-state index contributed by atoms with van der Waals surface area (Å²) in [5.74, 6) is 0.141. The van der Waals surface area contributed by atoms with Gasteiger partial charge in [0.1, 0.15) is 11.8 Å². The average molecular weight is 376 g/mol. The van der Waals surface area contributed by atoms with Gasteiger partial charge < -0.3 is 19.4 Å². The number of ether oxygens (including phenoxy) is 2. The lowest BCUT2D eigenvalue weighted by atomic mass is 9.73. The van der Waals surface area contributed by atoms with Crippen LogP contribution in [-0.4, -0.2) is 49.2 Å². The van der Waals surface area contributed by atoms with Crippen molar-refractivity contribution in [2.24, 2.45) is 5.41 Å². The Balaban J connectivity index is 0.00000196. The second-order valence-electron chi connectivity index (χ2n) is 7.08. The third-order valence-electron chi connectivity index (χ3n) is 5.73. The molecule has 0 radical (unpaired) electrons. The number of nitrogens with zero attached hydrogens (tertiary/aromatic N) is 2. The quantitative estimate of drug-likeness (QED) is 0.831. The molecule has 26 heavy (non-hydrogen) atoms. The van der Waals surface area contributed by atoms with Crippen LogP contribution in [0.25, 0.3) is 10.9 Å². The lowest BCUT2D eigenvalue weighted by molar-refractivity contribution is -0.0304. The van der Waals surface area contributed by atoms with Crippen molar-refractivity contribution in [3.8, 4) is 11.8 Å². The summed E-state index contributed by atoms with van der Waals surface area (Å²) >= 11 is 0. The van der Waals surface area contributed by atoms with Gasteiger partial charge >= 0.3 is 5.97 Å². The number of nitriles is 1. The molecule has 0 saturated carbocycles. The van der Waals surface area contributed by atoms with Crippen LogP contribution in [0, 0.1) is 16.7 Å². The lowest BCUT2D eigenvalue weighted by Gasteiger charge is -2.47. The van der Waals surface area contributed by atoms with E-state index in [9.17, 15) is 10.1 Å². The summed E-state index contributed by atoms with van der Waals surface area (Å²) in [5.41, 5.74) is 1.81. The predicted molar refractivity (Wildman–Crippen MR) is 99.8 cm³/mol. The third-order valence-corrected chi connectivity index (χ3v) is 5.73. The molecule has 1 N–H and O–H groups in total. The fourth-order valence-corrected chi connectivity index (χ4v) is 3.98. The SMILES string of the molecule is COc1cc2c(C(=O)OCC34CCN(CC3)CC4)c[nH]c2cc1C#N.Cl. The fourth-order valence-electron chi connectivity index (χ4n) is 3.98. The highest BCUT2D eigenvalue weighted by molar-refractivity contribution is 6.04. The van der Waals surface area contributed by atoms with Crippen LogP contribution in [0.5, 0.6) is 5.75 Å². The number of rotatable bonds is 4. The van der Waals surface area contributed by atoms with Gasteiger partial charge in [-0.2, -0.15) is 5.26 Å². The molecule has 0 unspecified atom stereocenters. The van der Waals surface area contributed by atoms with Gasteiger partial charge in [-0.25, -0.2) is 4.79 Å². The molecule has 3 aliphatic heterocycles. The number of carbonyl (C=O) groups is 1. The first-order chi connectivity index (χ1) is 12.1. The van der Waals surface area contributed by atoms with Gasteiger partial charge in [0.2, 0.25) is 0 Å². The maximum atomic E-state index is 12.6. The van der Waals surface area contributed by atoms with E-state index in [4.69, 9.17) is 9.47 Å². The number of nitrogens with one attached hydrogen (secondary N) is 1. The Hall–Kier alpha value is -2.23. The molecule has 7 heteroatoms. The molecular weight excluding hydrogens is 354 g/mol. The molecule has 2 bridgehead atoms. The largest absolute Gasteiger partial charge is 0.495 e.